The van der Waals surface area contributed by atoms with Crippen molar-refractivity contribution in [3.8, 4) is 0 Å². The Labute approximate surface area is 104 Å². The maximum atomic E-state index is 11.7. The molecule has 0 saturated heterocycles. The van der Waals surface area contributed by atoms with E-state index in [9.17, 15) is 8.42 Å². The minimum absolute atomic E-state index is 0.0154. The molecule has 3 unspecified atom stereocenters. The monoisotopic (exact) mass is 267 g/mol. The normalized spacial score (nSPS) is 28.2. The lowest BCUT2D eigenvalue weighted by Crippen LogP contribution is -2.33. The number of alkyl halides is 1. The van der Waals surface area contributed by atoms with Crippen molar-refractivity contribution in [3.63, 3.8) is 0 Å². The molecule has 0 heterocycles. The van der Waals surface area contributed by atoms with Gasteiger partial charge in [0.05, 0.1) is 5.75 Å². The molecule has 0 spiro atoms. The summed E-state index contributed by atoms with van der Waals surface area (Å²) in [5, 5.41) is 0. The first-order valence-electron chi connectivity index (χ1n) is 5.96. The van der Waals surface area contributed by atoms with Gasteiger partial charge in [0.15, 0.2) is 0 Å². The summed E-state index contributed by atoms with van der Waals surface area (Å²) in [5.41, 5.74) is 0. The van der Waals surface area contributed by atoms with Gasteiger partial charge in [0.1, 0.15) is 0 Å². The zero-order valence-electron chi connectivity index (χ0n) is 10.1. The van der Waals surface area contributed by atoms with E-state index in [1.165, 1.54) is 6.42 Å². The van der Waals surface area contributed by atoms with Crippen molar-refractivity contribution < 1.29 is 8.42 Å². The molecule has 3 nitrogen and oxygen atoms in total. The number of hydrogen-bond donors (Lipinski definition) is 1. The van der Waals surface area contributed by atoms with Gasteiger partial charge < -0.3 is 0 Å². The first-order chi connectivity index (χ1) is 7.43. The van der Waals surface area contributed by atoms with Crippen LogP contribution in [-0.2, 0) is 10.0 Å². The molecule has 1 saturated carbocycles. The van der Waals surface area contributed by atoms with Crippen LogP contribution in [0.1, 0.15) is 33.1 Å². The largest absolute Gasteiger partial charge is 0.215 e. The van der Waals surface area contributed by atoms with E-state index in [0.29, 0.717) is 18.3 Å². The molecule has 1 N–H and O–H groups in total. The Bertz CT molecular complexity index is 305. The van der Waals surface area contributed by atoms with Gasteiger partial charge in [-0.25, -0.2) is 13.1 Å². The summed E-state index contributed by atoms with van der Waals surface area (Å²) in [7, 11) is -3.13. The Morgan fingerprint density at radius 2 is 2.12 bits per heavy atom. The molecule has 1 aliphatic carbocycles. The van der Waals surface area contributed by atoms with Gasteiger partial charge in [0.2, 0.25) is 10.0 Å². The van der Waals surface area contributed by atoms with Gasteiger partial charge in [-0.15, -0.1) is 11.6 Å². The molecule has 0 aliphatic heterocycles. The molecule has 1 aliphatic rings. The third kappa shape index (κ3) is 5.02. The molecular weight excluding hydrogens is 246 g/mol. The van der Waals surface area contributed by atoms with Crippen LogP contribution in [0.25, 0.3) is 0 Å². The molecule has 0 radical (unpaired) electrons. The highest BCUT2D eigenvalue weighted by Gasteiger charge is 2.23. The van der Waals surface area contributed by atoms with Gasteiger partial charge in [-0.3, -0.25) is 0 Å². The van der Waals surface area contributed by atoms with Gasteiger partial charge in [0, 0.05) is 12.4 Å². The van der Waals surface area contributed by atoms with Crippen molar-refractivity contribution in [1.29, 1.82) is 0 Å². The number of halogens is 1. The molecule has 0 bridgehead atoms. The summed E-state index contributed by atoms with van der Waals surface area (Å²) in [4.78, 5) is 0. The predicted octanol–water partition coefficient (Wildman–Crippen LogP) is 2.22. The first-order valence-corrected chi connectivity index (χ1v) is 8.15. The average Bonchev–Trinajstić information content (AvgIpc) is 2.61. The smallest absolute Gasteiger partial charge is 0.211 e. The standard InChI is InChI=1S/C11H22ClNO2S/c1-9-3-4-11(5-9)7-13-16(14,15)8-10(2)6-12/h9-11,13H,3-8H2,1-2H3. The number of rotatable bonds is 6. The van der Waals surface area contributed by atoms with E-state index in [1.807, 2.05) is 6.92 Å². The minimum atomic E-state index is -3.13. The molecule has 3 atom stereocenters. The van der Waals surface area contributed by atoms with Crippen molar-refractivity contribution >= 4 is 21.6 Å². The summed E-state index contributed by atoms with van der Waals surface area (Å²) in [5.74, 6) is 1.81. The zero-order chi connectivity index (χ0) is 12.2. The summed E-state index contributed by atoms with van der Waals surface area (Å²) in [6.45, 7) is 4.68. The van der Waals surface area contributed by atoms with E-state index >= 15 is 0 Å². The third-order valence-electron chi connectivity index (χ3n) is 3.16. The maximum absolute atomic E-state index is 11.7. The second-order valence-electron chi connectivity index (χ2n) is 5.17. The van der Waals surface area contributed by atoms with E-state index in [2.05, 4.69) is 11.6 Å². The molecular formula is C11H22ClNO2S. The van der Waals surface area contributed by atoms with Crippen LogP contribution in [0.2, 0.25) is 0 Å². The Hall–Kier alpha value is 0.200. The van der Waals surface area contributed by atoms with Gasteiger partial charge in [-0.1, -0.05) is 20.3 Å². The van der Waals surface area contributed by atoms with Crippen LogP contribution in [0.4, 0.5) is 0 Å². The van der Waals surface area contributed by atoms with Crippen LogP contribution < -0.4 is 4.72 Å². The zero-order valence-corrected chi connectivity index (χ0v) is 11.6. The van der Waals surface area contributed by atoms with Crippen LogP contribution in [0.5, 0.6) is 0 Å². The highest BCUT2D eigenvalue weighted by Crippen LogP contribution is 2.29. The average molecular weight is 268 g/mol. The molecule has 0 aromatic rings. The lowest BCUT2D eigenvalue weighted by atomic mass is 10.1. The molecule has 0 aromatic carbocycles. The van der Waals surface area contributed by atoms with Crippen molar-refractivity contribution in [2.24, 2.45) is 17.8 Å². The molecule has 1 rings (SSSR count). The number of sulfonamides is 1. The molecule has 0 aromatic heterocycles. The lowest BCUT2D eigenvalue weighted by Gasteiger charge is -2.13. The topological polar surface area (TPSA) is 46.2 Å². The highest BCUT2D eigenvalue weighted by atomic mass is 35.5. The second-order valence-corrected chi connectivity index (χ2v) is 7.33. The second kappa shape index (κ2) is 6.22. The predicted molar refractivity (Wildman–Crippen MR) is 68.2 cm³/mol. The van der Waals surface area contributed by atoms with E-state index in [1.54, 1.807) is 0 Å². The fourth-order valence-corrected chi connectivity index (χ4v) is 3.95. The summed E-state index contributed by atoms with van der Waals surface area (Å²) in [6, 6.07) is 0. The van der Waals surface area contributed by atoms with Gasteiger partial charge >= 0.3 is 0 Å². The molecule has 1 fully saturated rings. The Morgan fingerprint density at radius 1 is 1.44 bits per heavy atom. The van der Waals surface area contributed by atoms with Crippen LogP contribution in [0, 0.1) is 17.8 Å². The van der Waals surface area contributed by atoms with Gasteiger partial charge in [-0.05, 0) is 30.6 Å². The van der Waals surface area contributed by atoms with Crippen molar-refractivity contribution in [2.45, 2.75) is 33.1 Å². The fraction of sp³-hybridized carbons (Fsp3) is 1.00. The molecule has 0 amide bonds. The van der Waals surface area contributed by atoms with Crippen molar-refractivity contribution in [3.05, 3.63) is 0 Å². The van der Waals surface area contributed by atoms with Crippen molar-refractivity contribution in [1.82, 2.24) is 4.72 Å². The van der Waals surface area contributed by atoms with Crippen LogP contribution in [-0.4, -0.2) is 26.6 Å². The van der Waals surface area contributed by atoms with E-state index in [-0.39, 0.29) is 11.7 Å². The van der Waals surface area contributed by atoms with E-state index in [0.717, 1.165) is 18.8 Å². The highest BCUT2D eigenvalue weighted by molar-refractivity contribution is 7.89. The number of nitrogens with one attached hydrogen (secondary N) is 1. The SMILES string of the molecule is CC1CCC(CNS(=O)(=O)CC(C)CCl)C1. The molecule has 96 valence electrons. The van der Waals surface area contributed by atoms with E-state index in [4.69, 9.17) is 11.6 Å². The third-order valence-corrected chi connectivity index (χ3v) is 5.30. The Kier molecular flexibility index (Phi) is 5.54. The quantitative estimate of drug-likeness (QED) is 0.750. The molecule has 16 heavy (non-hydrogen) atoms. The lowest BCUT2D eigenvalue weighted by molar-refractivity contribution is 0.496. The minimum Gasteiger partial charge on any atom is -0.215 e. The Morgan fingerprint density at radius 3 is 2.62 bits per heavy atom. The summed E-state index contributed by atoms with van der Waals surface area (Å²) < 4.78 is 26.0. The van der Waals surface area contributed by atoms with Crippen LogP contribution >= 0.6 is 11.6 Å². The fourth-order valence-electron chi connectivity index (χ4n) is 2.23. The van der Waals surface area contributed by atoms with Gasteiger partial charge in [0.25, 0.3) is 0 Å². The summed E-state index contributed by atoms with van der Waals surface area (Å²) in [6.07, 6.45) is 3.52. The van der Waals surface area contributed by atoms with E-state index < -0.39 is 10.0 Å². The Balaban J connectivity index is 2.30. The molecule has 5 heteroatoms. The van der Waals surface area contributed by atoms with Crippen molar-refractivity contribution in [2.75, 3.05) is 18.2 Å². The number of hydrogen-bond acceptors (Lipinski definition) is 2. The van der Waals surface area contributed by atoms with Gasteiger partial charge in [-0.2, -0.15) is 0 Å². The first kappa shape index (κ1) is 14.3. The summed E-state index contributed by atoms with van der Waals surface area (Å²) >= 11 is 5.61. The van der Waals surface area contributed by atoms with Crippen LogP contribution in [0.3, 0.4) is 0 Å². The van der Waals surface area contributed by atoms with Crippen LogP contribution in [0.15, 0.2) is 0 Å². The maximum Gasteiger partial charge on any atom is 0.211 e.